The van der Waals surface area contributed by atoms with E-state index in [2.05, 4.69) is 0 Å². The van der Waals surface area contributed by atoms with Crippen LogP contribution in [0.1, 0.15) is 28.1 Å². The summed E-state index contributed by atoms with van der Waals surface area (Å²) in [5.74, 6) is 0. The topological polar surface area (TPSA) is 37.3 Å². The van der Waals surface area contributed by atoms with Crippen molar-refractivity contribution in [3.63, 3.8) is 0 Å². The predicted octanol–water partition coefficient (Wildman–Crippen LogP) is -0.297. The van der Waals surface area contributed by atoms with Gasteiger partial charge in [-0.05, 0) is 24.6 Å². The minimum absolute atomic E-state index is 0. The Morgan fingerprint density at radius 3 is 2.10 bits per heavy atom. The van der Waals surface area contributed by atoms with Crippen LogP contribution >= 0.6 is 11.8 Å². The zero-order valence-electron chi connectivity index (χ0n) is 7.76. The fourth-order valence-electron chi connectivity index (χ4n) is 0.598. The minimum atomic E-state index is -0.760. The van der Waals surface area contributed by atoms with Crippen LogP contribution in [0.3, 0.4) is 0 Å². The van der Waals surface area contributed by atoms with Gasteiger partial charge < -0.3 is 6.53 Å². The second-order valence-electron chi connectivity index (χ2n) is 1.82. The molecule has 0 bridgehead atoms. The number of hydrogen-bond acceptors (Lipinski definition) is 2. The molecule has 1 N–H and O–H groups in total. The van der Waals surface area contributed by atoms with E-state index in [4.69, 9.17) is 5.11 Å². The maximum atomic E-state index is 10.1. The largest absolute Gasteiger partial charge is 1.00 e. The molecule has 0 aliphatic heterocycles. The van der Waals surface area contributed by atoms with Gasteiger partial charge in [0, 0.05) is 5.25 Å². The fraction of sp³-hybridized carbons (Fsp3) is 0.833. The van der Waals surface area contributed by atoms with E-state index in [0.29, 0.717) is 5.25 Å². The third-order valence-corrected chi connectivity index (χ3v) is 2.38. The van der Waals surface area contributed by atoms with Crippen molar-refractivity contribution in [2.45, 2.75) is 31.9 Å². The summed E-state index contributed by atoms with van der Waals surface area (Å²) < 4.78 is 0. The first kappa shape index (κ1) is 13.4. The SMILES string of the molecule is CCC(CC)SC(=O)O.[H-].[Na+]. The molecule has 0 aromatic rings. The summed E-state index contributed by atoms with van der Waals surface area (Å²) in [4.78, 5) is 10.1. The van der Waals surface area contributed by atoms with Crippen LogP contribution in [0.25, 0.3) is 0 Å². The van der Waals surface area contributed by atoms with Gasteiger partial charge >= 0.3 is 34.9 Å². The maximum absolute atomic E-state index is 10.1. The molecular formula is C6H13NaO2S. The van der Waals surface area contributed by atoms with Crippen molar-refractivity contribution in [3.8, 4) is 0 Å². The molecule has 0 heterocycles. The molecule has 0 saturated carbocycles. The third kappa shape index (κ3) is 6.93. The standard InChI is InChI=1S/C6H12O2S.Na.H/c1-3-5(4-2)9-6(7)8;;/h5H,3-4H2,1-2H3,(H,7,8);;/q;+1;-1. The van der Waals surface area contributed by atoms with Crippen LogP contribution in [-0.2, 0) is 0 Å². The van der Waals surface area contributed by atoms with E-state index in [1.165, 1.54) is 0 Å². The van der Waals surface area contributed by atoms with Crippen LogP contribution in [0.5, 0.6) is 0 Å². The molecule has 0 aromatic heterocycles. The number of hydrogen-bond donors (Lipinski definition) is 1. The van der Waals surface area contributed by atoms with Gasteiger partial charge in [-0.1, -0.05) is 13.8 Å². The molecule has 0 atom stereocenters. The van der Waals surface area contributed by atoms with Crippen LogP contribution in [0.2, 0.25) is 0 Å². The Hall–Kier alpha value is 0.820. The quantitative estimate of drug-likeness (QED) is 0.594. The first-order valence-corrected chi connectivity index (χ1v) is 3.98. The molecule has 0 aliphatic rings. The van der Waals surface area contributed by atoms with E-state index >= 15 is 0 Å². The van der Waals surface area contributed by atoms with Crippen molar-refractivity contribution in [1.82, 2.24) is 0 Å². The summed E-state index contributed by atoms with van der Waals surface area (Å²) in [5.41, 5.74) is 0. The number of carbonyl (C=O) groups is 1. The van der Waals surface area contributed by atoms with Crippen molar-refractivity contribution >= 4 is 17.1 Å². The molecule has 0 unspecified atom stereocenters. The molecule has 0 amide bonds. The predicted molar refractivity (Wildman–Crippen MR) is 41.1 cm³/mol. The van der Waals surface area contributed by atoms with Crippen molar-refractivity contribution in [2.75, 3.05) is 0 Å². The zero-order valence-corrected chi connectivity index (χ0v) is 9.57. The molecule has 0 aliphatic carbocycles. The second kappa shape index (κ2) is 7.92. The summed E-state index contributed by atoms with van der Waals surface area (Å²) in [5, 5.41) is 7.84. The Labute approximate surface area is 89.5 Å². The first-order valence-electron chi connectivity index (χ1n) is 3.10. The van der Waals surface area contributed by atoms with Gasteiger partial charge in [0.1, 0.15) is 0 Å². The molecule has 10 heavy (non-hydrogen) atoms. The third-order valence-electron chi connectivity index (χ3n) is 1.18. The van der Waals surface area contributed by atoms with E-state index in [0.717, 1.165) is 24.6 Å². The van der Waals surface area contributed by atoms with Gasteiger partial charge in [0.25, 0.3) is 0 Å². The van der Waals surface area contributed by atoms with Gasteiger partial charge in [0.05, 0.1) is 0 Å². The average molecular weight is 172 g/mol. The maximum Gasteiger partial charge on any atom is 1.00 e. The van der Waals surface area contributed by atoms with E-state index in [-0.39, 0.29) is 31.0 Å². The summed E-state index contributed by atoms with van der Waals surface area (Å²) in [6, 6.07) is 0. The Balaban J connectivity index is -0.000000320. The van der Waals surface area contributed by atoms with Crippen LogP contribution in [-0.4, -0.2) is 15.7 Å². The van der Waals surface area contributed by atoms with Crippen molar-refractivity contribution in [2.24, 2.45) is 0 Å². The molecule has 0 fully saturated rings. The molecule has 2 nitrogen and oxygen atoms in total. The van der Waals surface area contributed by atoms with Gasteiger partial charge in [-0.3, -0.25) is 0 Å². The van der Waals surface area contributed by atoms with Crippen LogP contribution in [0.15, 0.2) is 0 Å². The van der Waals surface area contributed by atoms with Crippen molar-refractivity contribution < 1.29 is 40.9 Å². The fourth-order valence-corrected chi connectivity index (χ4v) is 1.22. The second-order valence-corrected chi connectivity index (χ2v) is 3.07. The van der Waals surface area contributed by atoms with Gasteiger partial charge in [-0.15, -0.1) is 0 Å². The van der Waals surface area contributed by atoms with E-state index in [1.54, 1.807) is 0 Å². The number of rotatable bonds is 3. The molecule has 0 saturated heterocycles. The monoisotopic (exact) mass is 172 g/mol. The molecule has 0 rings (SSSR count). The molecule has 0 aromatic carbocycles. The van der Waals surface area contributed by atoms with Crippen LogP contribution in [0, 0.1) is 0 Å². The summed E-state index contributed by atoms with van der Waals surface area (Å²) in [6.45, 7) is 4.01. The van der Waals surface area contributed by atoms with Crippen molar-refractivity contribution in [1.29, 1.82) is 0 Å². The molecule has 0 spiro atoms. The summed E-state index contributed by atoms with van der Waals surface area (Å²) in [7, 11) is 0. The average Bonchev–Trinajstić information content (AvgIpc) is 1.82. The molecular weight excluding hydrogens is 159 g/mol. The zero-order chi connectivity index (χ0) is 7.28. The summed E-state index contributed by atoms with van der Waals surface area (Å²) in [6.07, 6.45) is 1.88. The molecule has 4 heteroatoms. The van der Waals surface area contributed by atoms with Crippen LogP contribution in [0.4, 0.5) is 4.79 Å². The summed E-state index contributed by atoms with van der Waals surface area (Å²) >= 11 is 1.02. The Bertz CT molecular complexity index is 98.6. The minimum Gasteiger partial charge on any atom is -1.00 e. The van der Waals surface area contributed by atoms with Crippen molar-refractivity contribution in [3.05, 3.63) is 0 Å². The van der Waals surface area contributed by atoms with E-state index in [1.807, 2.05) is 13.8 Å². The first-order chi connectivity index (χ1) is 4.20. The molecule has 0 radical (unpaired) electrons. The normalized spacial score (nSPS) is 9.10. The van der Waals surface area contributed by atoms with E-state index in [9.17, 15) is 4.79 Å². The Morgan fingerprint density at radius 1 is 1.60 bits per heavy atom. The number of thioether (sulfide) groups is 1. The molecule has 56 valence electrons. The number of carboxylic acid groups (broad SMARTS) is 1. The smallest absolute Gasteiger partial charge is 1.00 e. The van der Waals surface area contributed by atoms with Gasteiger partial charge in [-0.2, -0.15) is 0 Å². The van der Waals surface area contributed by atoms with Crippen LogP contribution < -0.4 is 29.6 Å². The van der Waals surface area contributed by atoms with E-state index < -0.39 is 5.30 Å². The van der Waals surface area contributed by atoms with Gasteiger partial charge in [-0.25, -0.2) is 4.79 Å². The Kier molecular flexibility index (Phi) is 10.6. The van der Waals surface area contributed by atoms with Gasteiger partial charge in [0.15, 0.2) is 0 Å². The Morgan fingerprint density at radius 2 is 2.00 bits per heavy atom. The van der Waals surface area contributed by atoms with Gasteiger partial charge in [0.2, 0.25) is 0 Å².